The molecule has 0 radical (unpaired) electrons. The van der Waals surface area contributed by atoms with Crippen LogP contribution in [-0.2, 0) is 15.0 Å². The highest BCUT2D eigenvalue weighted by atomic mass is 16.2. The van der Waals surface area contributed by atoms with Crippen LogP contribution in [0.5, 0.6) is 0 Å². The first-order chi connectivity index (χ1) is 12.1. The summed E-state index contributed by atoms with van der Waals surface area (Å²) in [5, 5.41) is 6.05. The first kappa shape index (κ1) is 19.5. The van der Waals surface area contributed by atoms with E-state index < -0.39 is 5.41 Å². The van der Waals surface area contributed by atoms with Gasteiger partial charge in [0.1, 0.15) is 0 Å². The van der Waals surface area contributed by atoms with Crippen LogP contribution in [0.2, 0.25) is 0 Å². The molecule has 4 nitrogen and oxygen atoms in total. The molecule has 25 heavy (non-hydrogen) atoms. The molecule has 4 heteroatoms. The number of carbonyl (C=O) groups excluding carboxylic acids is 2. The van der Waals surface area contributed by atoms with E-state index in [1.807, 2.05) is 24.3 Å². The third-order valence-electron chi connectivity index (χ3n) is 5.16. The molecule has 0 aromatic heterocycles. The van der Waals surface area contributed by atoms with Gasteiger partial charge in [-0.3, -0.25) is 9.59 Å². The van der Waals surface area contributed by atoms with E-state index >= 15 is 0 Å². The monoisotopic (exact) mass is 344 g/mol. The predicted octanol–water partition coefficient (Wildman–Crippen LogP) is 4.54. The van der Waals surface area contributed by atoms with Crippen molar-refractivity contribution in [1.82, 2.24) is 5.32 Å². The predicted molar refractivity (Wildman–Crippen MR) is 103 cm³/mol. The molecule has 1 aromatic rings. The number of hydrogen-bond donors (Lipinski definition) is 2. The summed E-state index contributed by atoms with van der Waals surface area (Å²) < 4.78 is 0. The van der Waals surface area contributed by atoms with Crippen LogP contribution in [-0.4, -0.2) is 18.4 Å². The standard InChI is InChI=1S/C21H32N2O2/c1-3-5-9-19(24)23-18-12-10-17(11-13-18)21(14-7-6-8-15-21)20(25)22-16-4-2/h10-13H,3-9,14-16H2,1-2H3,(H,22,25)(H,23,24). The van der Waals surface area contributed by atoms with Crippen molar-refractivity contribution in [3.8, 4) is 0 Å². The Bertz CT molecular complexity index is 560. The summed E-state index contributed by atoms with van der Waals surface area (Å²) >= 11 is 0. The molecule has 0 atom stereocenters. The molecule has 2 amide bonds. The molecule has 1 saturated carbocycles. The molecule has 1 fully saturated rings. The Morgan fingerprint density at radius 2 is 1.68 bits per heavy atom. The van der Waals surface area contributed by atoms with E-state index in [9.17, 15) is 9.59 Å². The Morgan fingerprint density at radius 1 is 1.00 bits per heavy atom. The number of rotatable bonds is 8. The largest absolute Gasteiger partial charge is 0.355 e. The highest BCUT2D eigenvalue weighted by Crippen LogP contribution is 2.40. The highest BCUT2D eigenvalue weighted by molar-refractivity contribution is 5.91. The van der Waals surface area contributed by atoms with Crippen LogP contribution in [0.25, 0.3) is 0 Å². The Labute approximate surface area is 151 Å². The first-order valence-corrected chi connectivity index (χ1v) is 9.81. The lowest BCUT2D eigenvalue weighted by Crippen LogP contribution is -2.46. The minimum absolute atomic E-state index is 0.0580. The van der Waals surface area contributed by atoms with E-state index in [1.54, 1.807) is 0 Å². The lowest BCUT2D eigenvalue weighted by atomic mass is 9.68. The molecule has 0 aliphatic heterocycles. The van der Waals surface area contributed by atoms with Gasteiger partial charge in [0.05, 0.1) is 5.41 Å². The average molecular weight is 344 g/mol. The number of nitrogens with one attached hydrogen (secondary N) is 2. The fourth-order valence-corrected chi connectivity index (χ4v) is 3.64. The quantitative estimate of drug-likeness (QED) is 0.727. The SMILES string of the molecule is CCCCC(=O)Nc1ccc(C2(C(=O)NCCC)CCCCC2)cc1. The van der Waals surface area contributed by atoms with Crippen molar-refractivity contribution in [1.29, 1.82) is 0 Å². The summed E-state index contributed by atoms with van der Waals surface area (Å²) in [6.07, 6.45) is 8.63. The first-order valence-electron chi connectivity index (χ1n) is 9.81. The van der Waals surface area contributed by atoms with E-state index in [-0.39, 0.29) is 11.8 Å². The molecule has 138 valence electrons. The Balaban J connectivity index is 2.12. The van der Waals surface area contributed by atoms with Crippen molar-refractivity contribution in [3.05, 3.63) is 29.8 Å². The van der Waals surface area contributed by atoms with Gasteiger partial charge >= 0.3 is 0 Å². The van der Waals surface area contributed by atoms with E-state index in [1.165, 1.54) is 6.42 Å². The third kappa shape index (κ3) is 5.07. The molecule has 0 unspecified atom stereocenters. The fraction of sp³-hybridized carbons (Fsp3) is 0.619. The summed E-state index contributed by atoms with van der Waals surface area (Å²) in [4.78, 5) is 24.8. The van der Waals surface area contributed by atoms with Gasteiger partial charge in [-0.2, -0.15) is 0 Å². The van der Waals surface area contributed by atoms with E-state index in [0.29, 0.717) is 6.42 Å². The smallest absolute Gasteiger partial charge is 0.230 e. The molecular formula is C21H32N2O2. The van der Waals surface area contributed by atoms with Gasteiger partial charge in [0.15, 0.2) is 0 Å². The van der Waals surface area contributed by atoms with Crippen LogP contribution in [0.1, 0.15) is 77.2 Å². The zero-order valence-electron chi connectivity index (χ0n) is 15.7. The van der Waals surface area contributed by atoms with E-state index in [4.69, 9.17) is 0 Å². The maximum absolute atomic E-state index is 12.9. The maximum atomic E-state index is 12.9. The summed E-state index contributed by atoms with van der Waals surface area (Å²) in [7, 11) is 0. The molecule has 0 saturated heterocycles. The third-order valence-corrected chi connectivity index (χ3v) is 5.16. The summed E-state index contributed by atoms with van der Waals surface area (Å²) in [6.45, 7) is 4.88. The van der Waals surface area contributed by atoms with Crippen LogP contribution in [0.3, 0.4) is 0 Å². The fourth-order valence-electron chi connectivity index (χ4n) is 3.64. The number of unbranched alkanes of at least 4 members (excludes halogenated alkanes) is 1. The molecule has 2 rings (SSSR count). The molecule has 0 bridgehead atoms. The topological polar surface area (TPSA) is 58.2 Å². The lowest BCUT2D eigenvalue weighted by Gasteiger charge is -2.36. The Morgan fingerprint density at radius 3 is 2.28 bits per heavy atom. The number of anilines is 1. The Kier molecular flexibility index (Phi) is 7.48. The van der Waals surface area contributed by atoms with Crippen LogP contribution in [0.4, 0.5) is 5.69 Å². The minimum atomic E-state index is -0.405. The Hall–Kier alpha value is -1.84. The lowest BCUT2D eigenvalue weighted by molar-refractivity contribution is -0.128. The summed E-state index contributed by atoms with van der Waals surface area (Å²) in [5.74, 6) is 0.219. The second-order valence-electron chi connectivity index (χ2n) is 7.13. The van der Waals surface area contributed by atoms with Crippen LogP contribution >= 0.6 is 0 Å². The zero-order chi connectivity index (χ0) is 18.1. The van der Waals surface area contributed by atoms with Crippen molar-refractivity contribution in [2.75, 3.05) is 11.9 Å². The number of carbonyl (C=O) groups is 2. The molecule has 1 aromatic carbocycles. The highest BCUT2D eigenvalue weighted by Gasteiger charge is 2.40. The van der Waals surface area contributed by atoms with Gasteiger partial charge in [-0.15, -0.1) is 0 Å². The van der Waals surface area contributed by atoms with Gasteiger partial charge in [0, 0.05) is 18.7 Å². The van der Waals surface area contributed by atoms with Gasteiger partial charge in [-0.25, -0.2) is 0 Å². The van der Waals surface area contributed by atoms with Crippen molar-refractivity contribution in [2.45, 2.75) is 77.0 Å². The van der Waals surface area contributed by atoms with Gasteiger partial charge in [0.2, 0.25) is 11.8 Å². The average Bonchev–Trinajstić information content (AvgIpc) is 2.65. The van der Waals surface area contributed by atoms with Crippen LogP contribution in [0.15, 0.2) is 24.3 Å². The van der Waals surface area contributed by atoms with Gasteiger partial charge < -0.3 is 10.6 Å². The minimum Gasteiger partial charge on any atom is -0.355 e. The molecule has 2 N–H and O–H groups in total. The van der Waals surface area contributed by atoms with E-state index in [2.05, 4.69) is 24.5 Å². The molecule has 0 heterocycles. The zero-order valence-corrected chi connectivity index (χ0v) is 15.7. The van der Waals surface area contributed by atoms with Crippen LogP contribution in [0, 0.1) is 0 Å². The summed E-state index contributed by atoms with van der Waals surface area (Å²) in [6, 6.07) is 7.91. The molecule has 1 aliphatic carbocycles. The van der Waals surface area contributed by atoms with E-state index in [0.717, 1.165) is 62.7 Å². The number of amides is 2. The van der Waals surface area contributed by atoms with Crippen molar-refractivity contribution in [2.24, 2.45) is 0 Å². The van der Waals surface area contributed by atoms with Gasteiger partial charge in [-0.05, 0) is 43.4 Å². The van der Waals surface area contributed by atoms with Crippen molar-refractivity contribution >= 4 is 17.5 Å². The summed E-state index contributed by atoms with van der Waals surface area (Å²) in [5.41, 5.74) is 1.48. The number of benzene rings is 1. The molecule has 0 spiro atoms. The van der Waals surface area contributed by atoms with Crippen molar-refractivity contribution in [3.63, 3.8) is 0 Å². The normalized spacial score (nSPS) is 16.2. The second kappa shape index (κ2) is 9.59. The van der Waals surface area contributed by atoms with Gasteiger partial charge in [-0.1, -0.05) is 51.7 Å². The van der Waals surface area contributed by atoms with Crippen LogP contribution < -0.4 is 10.6 Å². The van der Waals surface area contributed by atoms with Crippen molar-refractivity contribution < 1.29 is 9.59 Å². The molecule has 1 aliphatic rings. The molecular weight excluding hydrogens is 312 g/mol. The number of hydrogen-bond acceptors (Lipinski definition) is 2. The second-order valence-corrected chi connectivity index (χ2v) is 7.13. The maximum Gasteiger partial charge on any atom is 0.230 e. The van der Waals surface area contributed by atoms with Gasteiger partial charge in [0.25, 0.3) is 0 Å².